The van der Waals surface area contributed by atoms with Crippen LogP contribution in [0.1, 0.15) is 34.9 Å². The van der Waals surface area contributed by atoms with E-state index in [2.05, 4.69) is 5.32 Å². The predicted molar refractivity (Wildman–Crippen MR) is 144 cm³/mol. The van der Waals surface area contributed by atoms with Gasteiger partial charge in [0, 0.05) is 36.2 Å². The maximum atomic E-state index is 14.1. The molecule has 2 amide bonds. The maximum Gasteiger partial charge on any atom is 0.290 e. The smallest absolute Gasteiger partial charge is 0.290 e. The fourth-order valence-electron chi connectivity index (χ4n) is 5.98. The Morgan fingerprint density at radius 2 is 2.02 bits per heavy atom. The number of carbonyl (C=O) groups is 2. The van der Waals surface area contributed by atoms with E-state index in [1.54, 1.807) is 24.3 Å². The fourth-order valence-corrected chi connectivity index (χ4v) is 5.98. The minimum Gasteiger partial charge on any atom is -0.493 e. The largest absolute Gasteiger partial charge is 0.493 e. The maximum absolute atomic E-state index is 14.1. The van der Waals surface area contributed by atoms with Gasteiger partial charge in [-0.25, -0.2) is 0 Å². The molecule has 0 bridgehead atoms. The number of methoxy groups -OCH3 is 1. The molecule has 5 atom stereocenters. The Morgan fingerprint density at radius 1 is 1.18 bits per heavy atom. The molecule has 210 valence electrons. The van der Waals surface area contributed by atoms with Crippen LogP contribution >= 0.6 is 0 Å². The number of nitrogens with zero attached hydrogens (tertiary/aromatic N) is 1. The Bertz CT molecular complexity index is 1440. The summed E-state index contributed by atoms with van der Waals surface area (Å²) in [7, 11) is 1.53. The zero-order valence-corrected chi connectivity index (χ0v) is 22.1. The molecule has 0 spiro atoms. The van der Waals surface area contributed by atoms with E-state index >= 15 is 0 Å². The van der Waals surface area contributed by atoms with Crippen LogP contribution in [0.5, 0.6) is 11.5 Å². The van der Waals surface area contributed by atoms with Crippen molar-refractivity contribution in [2.45, 2.75) is 43.1 Å². The number of furan rings is 1. The fraction of sp³-hybridized carbons (Fsp3) is 0.400. The summed E-state index contributed by atoms with van der Waals surface area (Å²) in [4.78, 5) is 29.0. The van der Waals surface area contributed by atoms with Crippen LogP contribution < -0.4 is 14.8 Å². The van der Waals surface area contributed by atoms with Crippen LogP contribution in [-0.2, 0) is 9.53 Å². The molecule has 10 nitrogen and oxygen atoms in total. The molecule has 1 aromatic heterocycles. The average Bonchev–Trinajstić information content (AvgIpc) is 3.73. The number of aliphatic hydroxyl groups is 2. The van der Waals surface area contributed by atoms with Gasteiger partial charge in [-0.2, -0.15) is 0 Å². The van der Waals surface area contributed by atoms with Crippen LogP contribution in [-0.4, -0.2) is 84.7 Å². The van der Waals surface area contributed by atoms with Gasteiger partial charge in [0.15, 0.2) is 17.1 Å². The molecule has 1 saturated heterocycles. The standard InChI is InChI=1S/C30H32N2O8/c1-37-23-10-4-6-17-14-24(40-27(17)23)30(36)32(16-18-7-5-13-38-18)21-15-20(29(35)31-11-12-33)25-19-8-2-3-9-22(19)39-28(25)26(21)34/h2-4,6,8-10,14-15,18,21,25-26,28,33-34H,5,7,11-13,16H2,1H3,(H,31,35)/t18-,21-,25+,26+,28+/m1/s1. The average molecular weight is 549 g/mol. The van der Waals surface area contributed by atoms with E-state index in [0.29, 0.717) is 34.6 Å². The van der Waals surface area contributed by atoms with Crippen molar-refractivity contribution in [1.82, 2.24) is 10.2 Å². The molecule has 3 heterocycles. The summed E-state index contributed by atoms with van der Waals surface area (Å²) in [6.07, 6.45) is 1.13. The first-order valence-corrected chi connectivity index (χ1v) is 13.5. The highest BCUT2D eigenvalue weighted by Crippen LogP contribution is 2.47. The predicted octanol–water partition coefficient (Wildman–Crippen LogP) is 2.39. The van der Waals surface area contributed by atoms with Crippen molar-refractivity contribution in [1.29, 1.82) is 0 Å². The highest BCUT2D eigenvalue weighted by molar-refractivity contribution is 5.99. The first-order chi connectivity index (χ1) is 19.5. The molecular weight excluding hydrogens is 516 g/mol. The van der Waals surface area contributed by atoms with Gasteiger partial charge in [-0.05, 0) is 37.1 Å². The minimum absolute atomic E-state index is 0.0721. The first kappa shape index (κ1) is 26.4. The second-order valence-electron chi connectivity index (χ2n) is 10.3. The molecule has 40 heavy (non-hydrogen) atoms. The lowest BCUT2D eigenvalue weighted by atomic mass is 9.77. The van der Waals surface area contributed by atoms with Crippen molar-refractivity contribution in [3.63, 3.8) is 0 Å². The van der Waals surface area contributed by atoms with Gasteiger partial charge in [0.05, 0.1) is 31.8 Å². The number of ether oxygens (including phenoxy) is 3. The molecule has 6 rings (SSSR count). The second kappa shape index (κ2) is 11.0. The molecule has 0 unspecified atom stereocenters. The van der Waals surface area contributed by atoms with E-state index in [9.17, 15) is 19.8 Å². The van der Waals surface area contributed by atoms with Crippen molar-refractivity contribution in [3.05, 3.63) is 71.5 Å². The molecule has 0 radical (unpaired) electrons. The molecular formula is C30H32N2O8. The summed E-state index contributed by atoms with van der Waals surface area (Å²) in [5, 5.41) is 24.5. The van der Waals surface area contributed by atoms with Crippen LogP contribution in [0, 0.1) is 0 Å². The minimum atomic E-state index is -1.14. The third-order valence-corrected chi connectivity index (χ3v) is 7.86. The number of aliphatic hydroxyl groups excluding tert-OH is 2. The van der Waals surface area contributed by atoms with Gasteiger partial charge in [-0.15, -0.1) is 0 Å². The summed E-state index contributed by atoms with van der Waals surface area (Å²) < 4.78 is 23.5. The summed E-state index contributed by atoms with van der Waals surface area (Å²) in [6.45, 7) is 0.644. The van der Waals surface area contributed by atoms with Crippen molar-refractivity contribution >= 4 is 22.8 Å². The molecule has 0 saturated carbocycles. The molecule has 1 fully saturated rings. The van der Waals surface area contributed by atoms with Crippen LogP contribution in [0.3, 0.4) is 0 Å². The number of hydrogen-bond acceptors (Lipinski definition) is 8. The number of rotatable bonds is 8. The zero-order valence-electron chi connectivity index (χ0n) is 22.1. The number of nitrogens with one attached hydrogen (secondary N) is 1. The number of benzene rings is 2. The quantitative estimate of drug-likeness (QED) is 0.391. The lowest BCUT2D eigenvalue weighted by molar-refractivity contribution is -0.118. The van der Waals surface area contributed by atoms with E-state index in [1.807, 2.05) is 30.3 Å². The van der Waals surface area contributed by atoms with E-state index < -0.39 is 30.1 Å². The van der Waals surface area contributed by atoms with Crippen LogP contribution in [0.15, 0.2) is 64.6 Å². The number of amides is 2. The summed E-state index contributed by atoms with van der Waals surface area (Å²) in [5.74, 6) is -0.196. The second-order valence-corrected chi connectivity index (χ2v) is 10.3. The highest BCUT2D eigenvalue weighted by atomic mass is 16.5. The molecule has 2 aromatic carbocycles. The van der Waals surface area contributed by atoms with Crippen molar-refractivity contribution in [2.24, 2.45) is 0 Å². The zero-order chi connectivity index (χ0) is 27.8. The van der Waals surface area contributed by atoms with Gasteiger partial charge >= 0.3 is 0 Å². The molecule has 1 aliphatic carbocycles. The molecule has 3 N–H and O–H groups in total. The molecule has 2 aliphatic heterocycles. The van der Waals surface area contributed by atoms with Crippen LogP contribution in [0.4, 0.5) is 0 Å². The lowest BCUT2D eigenvalue weighted by Gasteiger charge is -2.41. The number of fused-ring (bicyclic) bond motifs is 4. The van der Waals surface area contributed by atoms with Gasteiger partial charge in [0.25, 0.3) is 5.91 Å². The van der Waals surface area contributed by atoms with E-state index in [4.69, 9.17) is 18.6 Å². The van der Waals surface area contributed by atoms with E-state index in [-0.39, 0.29) is 37.5 Å². The highest BCUT2D eigenvalue weighted by Gasteiger charge is 2.51. The molecule has 3 aliphatic rings. The Morgan fingerprint density at radius 3 is 2.80 bits per heavy atom. The molecule has 3 aromatic rings. The Balaban J connectivity index is 1.42. The summed E-state index contributed by atoms with van der Waals surface area (Å²) in [6, 6.07) is 13.5. The Hall–Kier alpha value is -3.86. The number of para-hydroxylation sites is 2. The van der Waals surface area contributed by atoms with Gasteiger partial charge in [0.2, 0.25) is 5.91 Å². The van der Waals surface area contributed by atoms with Gasteiger partial charge in [-0.3, -0.25) is 9.59 Å². The van der Waals surface area contributed by atoms with Crippen LogP contribution in [0.25, 0.3) is 11.0 Å². The van der Waals surface area contributed by atoms with Crippen molar-refractivity contribution < 1.29 is 38.4 Å². The third-order valence-electron chi connectivity index (χ3n) is 7.86. The normalized spacial score (nSPS) is 25.1. The number of carbonyl (C=O) groups excluding carboxylic acids is 2. The number of hydrogen-bond donors (Lipinski definition) is 3. The summed E-state index contributed by atoms with van der Waals surface area (Å²) >= 11 is 0. The van der Waals surface area contributed by atoms with E-state index in [0.717, 1.165) is 18.4 Å². The third kappa shape index (κ3) is 4.61. The Labute approximate surface area is 231 Å². The Kier molecular flexibility index (Phi) is 7.22. The lowest BCUT2D eigenvalue weighted by Crippen LogP contribution is -2.57. The van der Waals surface area contributed by atoms with E-state index in [1.165, 1.54) is 12.0 Å². The van der Waals surface area contributed by atoms with Crippen molar-refractivity contribution in [3.8, 4) is 11.5 Å². The summed E-state index contributed by atoms with van der Waals surface area (Å²) in [5.41, 5.74) is 1.61. The van der Waals surface area contributed by atoms with Gasteiger partial charge in [-0.1, -0.05) is 30.3 Å². The van der Waals surface area contributed by atoms with Crippen LogP contribution in [0.2, 0.25) is 0 Å². The SMILES string of the molecule is COc1cccc2cc(C(=O)N(C[C@H]3CCCO3)[C@@H]3C=C(C(=O)NCCO)[C@@H]4c5ccccc5O[C@@H]4[C@H]3O)oc12. The van der Waals surface area contributed by atoms with Gasteiger partial charge in [0.1, 0.15) is 18.0 Å². The molecule has 10 heteroatoms. The van der Waals surface area contributed by atoms with Gasteiger partial charge < -0.3 is 39.1 Å². The van der Waals surface area contributed by atoms with Crippen molar-refractivity contribution in [2.75, 3.05) is 33.4 Å². The topological polar surface area (TPSA) is 131 Å². The monoisotopic (exact) mass is 548 g/mol. The first-order valence-electron chi connectivity index (χ1n) is 13.5.